The van der Waals surface area contributed by atoms with E-state index in [1.54, 1.807) is 5.57 Å². The van der Waals surface area contributed by atoms with E-state index in [9.17, 15) is 0 Å². The van der Waals surface area contributed by atoms with Crippen molar-refractivity contribution in [3.8, 4) is 0 Å². The van der Waals surface area contributed by atoms with Crippen LogP contribution in [0.25, 0.3) is 0 Å². The molecule has 0 saturated heterocycles. The normalized spacial score (nSPS) is 24.4. The molecule has 0 fully saturated rings. The van der Waals surface area contributed by atoms with Gasteiger partial charge in [0.15, 0.2) is 0 Å². The second-order valence-corrected chi connectivity index (χ2v) is 16.7. The maximum atomic E-state index is 4.13. The van der Waals surface area contributed by atoms with Crippen LogP contribution < -0.4 is 28.6 Å². The summed E-state index contributed by atoms with van der Waals surface area (Å²) in [5.41, 5.74) is 4.73. The molecule has 22 heavy (non-hydrogen) atoms. The van der Waals surface area contributed by atoms with Crippen molar-refractivity contribution in [1.29, 1.82) is 0 Å². The van der Waals surface area contributed by atoms with Gasteiger partial charge in [-0.3, -0.25) is 0 Å². The predicted molar refractivity (Wildman–Crippen MR) is 93.1 cm³/mol. The van der Waals surface area contributed by atoms with Crippen molar-refractivity contribution < 1.29 is 41.7 Å². The van der Waals surface area contributed by atoms with Gasteiger partial charge in [-0.05, 0) is 0 Å². The van der Waals surface area contributed by atoms with Gasteiger partial charge in [-0.2, -0.15) is 0 Å². The molecule has 1 aliphatic carbocycles. The molecule has 5 heteroatoms. The Morgan fingerprint density at radius 3 is 1.86 bits per heavy atom. The first-order valence-corrected chi connectivity index (χ1v) is 11.9. The summed E-state index contributed by atoms with van der Waals surface area (Å²) in [6.07, 6.45) is 2.56. The van der Waals surface area contributed by atoms with Gasteiger partial charge in [-0.1, -0.05) is 0 Å². The zero-order chi connectivity index (χ0) is 15.9. The molecule has 2 atom stereocenters. The molecule has 0 amide bonds. The monoisotopic (exact) mass is 397 g/mol. The number of allylic oxidation sites excluding steroid dienone is 4. The molecule has 1 N–H and O–H groups in total. The SMILES string of the molecule is CC1=C[C](C)([Ti]([CH]=[SiH2])([NH]C(C)(C)C)[CH](C)C)C(C)=C1C.[Cl-].[Cl-]. The summed E-state index contributed by atoms with van der Waals surface area (Å²) in [7, 11) is 2.06. The summed E-state index contributed by atoms with van der Waals surface area (Å²) in [6, 6.07) is 0. The molecular weight excluding hydrogens is 365 g/mol. The van der Waals surface area contributed by atoms with E-state index in [4.69, 9.17) is 0 Å². The number of hydrogen-bond acceptors (Lipinski definition) is 1. The molecule has 0 aromatic rings. The number of rotatable bonds is 4. The Balaban J connectivity index is 0. The second-order valence-electron chi connectivity index (χ2n) is 7.88. The van der Waals surface area contributed by atoms with Crippen molar-refractivity contribution in [2.24, 2.45) is 0 Å². The van der Waals surface area contributed by atoms with Crippen molar-refractivity contribution >= 4 is 13.8 Å². The van der Waals surface area contributed by atoms with E-state index >= 15 is 0 Å². The Bertz CT molecular complexity index is 480. The number of halogens is 2. The Morgan fingerprint density at radius 1 is 1.18 bits per heavy atom. The Labute approximate surface area is 157 Å². The fourth-order valence-corrected chi connectivity index (χ4v) is 16.1. The molecule has 0 bridgehead atoms. The minimum absolute atomic E-state index is 0. The van der Waals surface area contributed by atoms with Gasteiger partial charge in [-0.15, -0.1) is 0 Å². The standard InChI is InChI=1S/C9H13.C4H10N.C3H7.CH3Si.2ClH.Ti/c1-6-5-7(2)9(4)8(6)3;1-4(2,3)5;1-3-2;1-2;;;/h5H,1-4H3;5H,1-3H3;3H,1-2H3;1H,2H2;2*1H;/q;-1;;;;;+1/p-2. The fourth-order valence-electron chi connectivity index (χ4n) is 3.76. The summed E-state index contributed by atoms with van der Waals surface area (Å²) in [5.74, 6) is 0. The second kappa shape index (κ2) is 8.27. The molecule has 0 heterocycles. The average molecular weight is 398 g/mol. The van der Waals surface area contributed by atoms with Gasteiger partial charge in [0.25, 0.3) is 0 Å². The third kappa shape index (κ3) is 4.26. The van der Waals surface area contributed by atoms with Crippen LogP contribution in [0.3, 0.4) is 0 Å². The minimum Gasteiger partial charge on any atom is -1.00 e. The minimum atomic E-state index is -2.45. The van der Waals surface area contributed by atoms with E-state index in [1.807, 2.05) is 0 Å². The third-order valence-corrected chi connectivity index (χ3v) is 16.9. The largest absolute Gasteiger partial charge is 1.00 e. The van der Waals surface area contributed by atoms with Crippen LogP contribution in [0, 0.1) is 0 Å². The molecule has 0 radical (unpaired) electrons. The molecule has 2 unspecified atom stereocenters. The Kier molecular flexibility index (Phi) is 9.42. The average Bonchev–Trinajstić information content (AvgIpc) is 2.50. The van der Waals surface area contributed by atoms with Crippen molar-refractivity contribution in [3.05, 3.63) is 22.8 Å². The first kappa shape index (κ1) is 25.1. The van der Waals surface area contributed by atoms with Gasteiger partial charge in [0.2, 0.25) is 0 Å². The van der Waals surface area contributed by atoms with E-state index < -0.39 is 16.8 Å². The van der Waals surface area contributed by atoms with E-state index in [0.717, 1.165) is 0 Å². The summed E-state index contributed by atoms with van der Waals surface area (Å²) < 4.78 is 7.68. The van der Waals surface area contributed by atoms with Crippen LogP contribution >= 0.6 is 0 Å². The van der Waals surface area contributed by atoms with E-state index in [2.05, 4.69) is 86.0 Å². The zero-order valence-corrected chi connectivity index (χ0v) is 20.2. The summed E-state index contributed by atoms with van der Waals surface area (Å²) >= 11 is -2.45. The van der Waals surface area contributed by atoms with Gasteiger partial charge < -0.3 is 24.8 Å². The molecule has 1 aliphatic rings. The van der Waals surface area contributed by atoms with Crippen LogP contribution in [0.1, 0.15) is 62.3 Å². The molecule has 0 aromatic carbocycles. The first-order chi connectivity index (χ1) is 8.91. The molecule has 1 rings (SSSR count). The van der Waals surface area contributed by atoms with Crippen LogP contribution in [0.4, 0.5) is 0 Å². The van der Waals surface area contributed by atoms with Gasteiger partial charge in [0.1, 0.15) is 0 Å². The fraction of sp³-hybridized carbons (Fsp3) is 0.706. The first-order valence-electron chi connectivity index (χ1n) is 7.72. The smallest absolute Gasteiger partial charge is 1.00 e. The van der Waals surface area contributed by atoms with Crippen LogP contribution in [0.15, 0.2) is 22.8 Å². The van der Waals surface area contributed by atoms with Gasteiger partial charge in [-0.25, -0.2) is 0 Å². The van der Waals surface area contributed by atoms with Crippen LogP contribution in [0.2, 0.25) is 7.94 Å². The molecule has 1 nitrogen and oxygen atoms in total. The quantitative estimate of drug-likeness (QED) is 0.549. The predicted octanol–water partition coefficient (Wildman–Crippen LogP) is -1.85. The summed E-state index contributed by atoms with van der Waals surface area (Å²) in [4.78, 5) is 0. The molecule has 0 aliphatic heterocycles. The van der Waals surface area contributed by atoms with Gasteiger partial charge in [0.05, 0.1) is 0 Å². The molecular formula is C17H33Cl2NSiTi-2. The summed E-state index contributed by atoms with van der Waals surface area (Å²) in [6.45, 7) is 21.1. The topological polar surface area (TPSA) is 12.0 Å². The molecule has 130 valence electrons. The van der Waals surface area contributed by atoms with E-state index in [1.165, 1.54) is 11.1 Å². The Morgan fingerprint density at radius 2 is 1.64 bits per heavy atom. The molecule has 0 aromatic heterocycles. The Hall–Kier alpha value is 0.821. The van der Waals surface area contributed by atoms with Gasteiger partial charge in [0, 0.05) is 0 Å². The maximum absolute atomic E-state index is 4.13. The summed E-state index contributed by atoms with van der Waals surface area (Å²) in [5, 5.41) is 0. The third-order valence-electron chi connectivity index (χ3n) is 5.11. The van der Waals surface area contributed by atoms with E-state index in [0.29, 0.717) is 4.22 Å². The zero-order valence-electron chi connectivity index (χ0n) is 15.7. The van der Waals surface area contributed by atoms with Crippen molar-refractivity contribution in [2.45, 2.75) is 75.8 Å². The van der Waals surface area contributed by atoms with Crippen LogP contribution in [0.5, 0.6) is 0 Å². The maximum Gasteiger partial charge on any atom is -1.00 e. The van der Waals surface area contributed by atoms with Crippen LogP contribution in [-0.4, -0.2) is 19.4 Å². The number of nitrogens with one attached hydrogen (secondary N) is 1. The van der Waals surface area contributed by atoms with E-state index in [-0.39, 0.29) is 34.1 Å². The van der Waals surface area contributed by atoms with Crippen molar-refractivity contribution in [2.75, 3.05) is 0 Å². The van der Waals surface area contributed by atoms with Crippen LogP contribution in [-0.2, 0) is 16.8 Å². The molecule has 0 saturated carbocycles. The van der Waals surface area contributed by atoms with Crippen molar-refractivity contribution in [3.63, 3.8) is 0 Å². The van der Waals surface area contributed by atoms with Gasteiger partial charge >= 0.3 is 133 Å². The van der Waals surface area contributed by atoms with Crippen molar-refractivity contribution in [1.82, 2.24) is 3.80 Å². The molecule has 0 spiro atoms. The number of hydrogen-bond donors (Lipinski definition) is 1.